The molecule has 1 aromatic carbocycles. The van der Waals surface area contributed by atoms with Crippen LogP contribution in [0.15, 0.2) is 28.7 Å². The van der Waals surface area contributed by atoms with Crippen LogP contribution in [0.2, 0.25) is 0 Å². The number of halogens is 1. The molecule has 2 rings (SSSR count). The van der Waals surface area contributed by atoms with Gasteiger partial charge in [0.15, 0.2) is 0 Å². The van der Waals surface area contributed by atoms with Gasteiger partial charge in [-0.25, -0.2) is 0 Å². The third-order valence-electron chi connectivity index (χ3n) is 4.01. The SMILES string of the molecule is NC(=O)C(NC(=O)CCC1CCNCC1)c1cccc(Br)c1. The summed E-state index contributed by atoms with van der Waals surface area (Å²) in [5, 5.41) is 6.06. The summed E-state index contributed by atoms with van der Waals surface area (Å²) >= 11 is 3.36. The molecule has 6 heteroatoms. The molecule has 120 valence electrons. The van der Waals surface area contributed by atoms with E-state index in [1.54, 1.807) is 12.1 Å². The van der Waals surface area contributed by atoms with Gasteiger partial charge in [0.05, 0.1) is 0 Å². The molecule has 4 N–H and O–H groups in total. The van der Waals surface area contributed by atoms with Crippen LogP contribution in [0.4, 0.5) is 0 Å². The molecule has 0 aromatic heterocycles. The Morgan fingerprint density at radius 1 is 1.36 bits per heavy atom. The van der Waals surface area contributed by atoms with Crippen molar-refractivity contribution in [3.05, 3.63) is 34.3 Å². The molecule has 0 radical (unpaired) electrons. The zero-order chi connectivity index (χ0) is 15.9. The van der Waals surface area contributed by atoms with Crippen LogP contribution in [-0.4, -0.2) is 24.9 Å². The van der Waals surface area contributed by atoms with Gasteiger partial charge in [-0.05, 0) is 56.0 Å². The third kappa shape index (κ3) is 5.10. The number of nitrogens with one attached hydrogen (secondary N) is 2. The topological polar surface area (TPSA) is 84.2 Å². The summed E-state index contributed by atoms with van der Waals surface area (Å²) in [5.41, 5.74) is 6.12. The number of primary amides is 1. The van der Waals surface area contributed by atoms with Crippen molar-refractivity contribution in [2.24, 2.45) is 11.7 Å². The number of carbonyl (C=O) groups is 2. The molecule has 0 saturated carbocycles. The number of nitrogens with two attached hydrogens (primary N) is 1. The molecule has 1 aliphatic heterocycles. The standard InChI is InChI=1S/C16H22BrN3O2/c17-13-3-1-2-12(10-13)15(16(18)22)20-14(21)5-4-11-6-8-19-9-7-11/h1-3,10-11,15,19H,4-9H2,(H2,18,22)(H,20,21). The van der Waals surface area contributed by atoms with Crippen LogP contribution >= 0.6 is 15.9 Å². The van der Waals surface area contributed by atoms with E-state index in [0.29, 0.717) is 17.9 Å². The van der Waals surface area contributed by atoms with Crippen LogP contribution in [0.5, 0.6) is 0 Å². The molecule has 22 heavy (non-hydrogen) atoms. The van der Waals surface area contributed by atoms with Crippen molar-refractivity contribution < 1.29 is 9.59 Å². The van der Waals surface area contributed by atoms with Gasteiger partial charge in [-0.2, -0.15) is 0 Å². The molecule has 0 aliphatic carbocycles. The van der Waals surface area contributed by atoms with E-state index in [0.717, 1.165) is 36.8 Å². The zero-order valence-electron chi connectivity index (χ0n) is 12.5. The number of benzene rings is 1. The van der Waals surface area contributed by atoms with Crippen molar-refractivity contribution in [1.29, 1.82) is 0 Å². The van der Waals surface area contributed by atoms with Gasteiger partial charge in [0.2, 0.25) is 11.8 Å². The molecular formula is C16H22BrN3O2. The van der Waals surface area contributed by atoms with Crippen LogP contribution < -0.4 is 16.4 Å². The van der Waals surface area contributed by atoms with Crippen LogP contribution in [0.25, 0.3) is 0 Å². The van der Waals surface area contributed by atoms with Crippen LogP contribution in [0.1, 0.15) is 37.3 Å². The first kappa shape index (κ1) is 17.0. The van der Waals surface area contributed by atoms with Crippen molar-refractivity contribution in [1.82, 2.24) is 10.6 Å². The lowest BCUT2D eigenvalue weighted by Crippen LogP contribution is -2.37. The molecule has 1 aromatic rings. The second-order valence-corrected chi connectivity index (χ2v) is 6.61. The lowest BCUT2D eigenvalue weighted by molar-refractivity contribution is -0.127. The van der Waals surface area contributed by atoms with E-state index in [1.807, 2.05) is 12.1 Å². The number of hydrogen-bond donors (Lipinski definition) is 3. The van der Waals surface area contributed by atoms with Crippen molar-refractivity contribution >= 4 is 27.7 Å². The quantitative estimate of drug-likeness (QED) is 0.717. The Labute approximate surface area is 139 Å². The molecule has 1 atom stereocenters. The highest BCUT2D eigenvalue weighted by atomic mass is 79.9. The maximum atomic E-state index is 12.1. The van der Waals surface area contributed by atoms with Gasteiger partial charge in [-0.1, -0.05) is 28.1 Å². The van der Waals surface area contributed by atoms with E-state index >= 15 is 0 Å². The van der Waals surface area contributed by atoms with Gasteiger partial charge in [0.25, 0.3) is 0 Å². The predicted octanol–water partition coefficient (Wildman–Crippen LogP) is 1.87. The highest BCUT2D eigenvalue weighted by molar-refractivity contribution is 9.10. The van der Waals surface area contributed by atoms with Gasteiger partial charge in [0, 0.05) is 10.9 Å². The fourth-order valence-corrected chi connectivity index (χ4v) is 3.16. The first-order valence-corrected chi connectivity index (χ1v) is 8.40. The third-order valence-corrected chi connectivity index (χ3v) is 4.50. The largest absolute Gasteiger partial charge is 0.368 e. The summed E-state index contributed by atoms with van der Waals surface area (Å²) in [5.74, 6) is -0.0828. The molecule has 1 saturated heterocycles. The van der Waals surface area contributed by atoms with Crippen LogP contribution in [0.3, 0.4) is 0 Å². The lowest BCUT2D eigenvalue weighted by Gasteiger charge is -2.22. The summed E-state index contributed by atoms with van der Waals surface area (Å²) < 4.78 is 0.847. The van der Waals surface area contributed by atoms with E-state index in [9.17, 15) is 9.59 Å². The van der Waals surface area contributed by atoms with Gasteiger partial charge < -0.3 is 16.4 Å². The number of carbonyl (C=O) groups excluding carboxylic acids is 2. The summed E-state index contributed by atoms with van der Waals surface area (Å²) in [6, 6.07) is 6.48. The van der Waals surface area contributed by atoms with E-state index in [-0.39, 0.29) is 5.91 Å². The summed E-state index contributed by atoms with van der Waals surface area (Å²) in [6.45, 7) is 2.04. The molecule has 1 fully saturated rings. The number of piperidine rings is 1. The number of rotatable bonds is 6. The summed E-state index contributed by atoms with van der Waals surface area (Å²) in [7, 11) is 0. The highest BCUT2D eigenvalue weighted by Gasteiger charge is 2.21. The fraction of sp³-hybridized carbons (Fsp3) is 0.500. The monoisotopic (exact) mass is 367 g/mol. The summed E-state index contributed by atoms with van der Waals surface area (Å²) in [4.78, 5) is 23.7. The van der Waals surface area contributed by atoms with Crippen molar-refractivity contribution in [2.75, 3.05) is 13.1 Å². The van der Waals surface area contributed by atoms with Crippen molar-refractivity contribution in [3.8, 4) is 0 Å². The second kappa shape index (κ2) is 8.29. The molecule has 2 amide bonds. The van der Waals surface area contributed by atoms with Gasteiger partial charge >= 0.3 is 0 Å². The highest BCUT2D eigenvalue weighted by Crippen LogP contribution is 2.20. The van der Waals surface area contributed by atoms with E-state index < -0.39 is 11.9 Å². The van der Waals surface area contributed by atoms with Crippen molar-refractivity contribution in [3.63, 3.8) is 0 Å². The Kier molecular flexibility index (Phi) is 6.39. The fourth-order valence-electron chi connectivity index (χ4n) is 2.74. The number of amides is 2. The van der Waals surface area contributed by atoms with Gasteiger partial charge in [-0.15, -0.1) is 0 Å². The van der Waals surface area contributed by atoms with E-state index in [1.165, 1.54) is 0 Å². The second-order valence-electron chi connectivity index (χ2n) is 5.69. The van der Waals surface area contributed by atoms with Crippen LogP contribution in [0, 0.1) is 5.92 Å². The van der Waals surface area contributed by atoms with E-state index in [4.69, 9.17) is 5.73 Å². The minimum absolute atomic E-state index is 0.123. The summed E-state index contributed by atoms with van der Waals surface area (Å²) in [6.07, 6.45) is 3.51. The molecule has 1 aliphatic rings. The maximum Gasteiger partial charge on any atom is 0.244 e. The molecule has 0 bridgehead atoms. The molecule has 1 heterocycles. The minimum atomic E-state index is -0.780. The van der Waals surface area contributed by atoms with Crippen molar-refractivity contribution in [2.45, 2.75) is 31.7 Å². The maximum absolute atomic E-state index is 12.1. The Balaban J connectivity index is 1.90. The number of hydrogen-bond acceptors (Lipinski definition) is 3. The zero-order valence-corrected chi connectivity index (χ0v) is 14.1. The molecule has 0 spiro atoms. The normalized spacial score (nSPS) is 17.0. The lowest BCUT2D eigenvalue weighted by atomic mass is 9.93. The van der Waals surface area contributed by atoms with E-state index in [2.05, 4.69) is 26.6 Å². The minimum Gasteiger partial charge on any atom is -0.368 e. The Morgan fingerprint density at radius 3 is 2.73 bits per heavy atom. The smallest absolute Gasteiger partial charge is 0.244 e. The first-order valence-electron chi connectivity index (χ1n) is 7.61. The first-order chi connectivity index (χ1) is 10.6. The van der Waals surface area contributed by atoms with Gasteiger partial charge in [0.1, 0.15) is 6.04 Å². The average molecular weight is 368 g/mol. The predicted molar refractivity (Wildman–Crippen MR) is 89.0 cm³/mol. The average Bonchev–Trinajstić information content (AvgIpc) is 2.51. The Morgan fingerprint density at radius 2 is 2.09 bits per heavy atom. The Bertz CT molecular complexity index is 530. The molecule has 1 unspecified atom stereocenters. The Hall–Kier alpha value is -1.40. The van der Waals surface area contributed by atoms with Crippen LogP contribution in [-0.2, 0) is 9.59 Å². The van der Waals surface area contributed by atoms with Gasteiger partial charge in [-0.3, -0.25) is 9.59 Å². The molecule has 5 nitrogen and oxygen atoms in total. The molecular weight excluding hydrogens is 346 g/mol.